The number of hydrogen-bond donors (Lipinski definition) is 0. The Hall–Kier alpha value is -3.48. The van der Waals surface area contributed by atoms with Gasteiger partial charge in [-0.15, -0.1) is 13.2 Å². The molecule has 0 saturated carbocycles. The van der Waals surface area contributed by atoms with Gasteiger partial charge in [-0.05, 0) is 63.7 Å². The number of hydrogen-bond acceptors (Lipinski definition) is 1. The fourth-order valence-corrected chi connectivity index (χ4v) is 3.78. The molecule has 0 unspecified atom stereocenters. The molecule has 0 aliphatic heterocycles. The van der Waals surface area contributed by atoms with Crippen molar-refractivity contribution in [3.8, 4) is 28.0 Å². The highest BCUT2D eigenvalue weighted by atomic mass is 19.4. The average Bonchev–Trinajstić information content (AvgIpc) is 2.75. The van der Waals surface area contributed by atoms with Gasteiger partial charge in [0.2, 0.25) is 5.75 Å². The molecule has 0 spiro atoms. The molecule has 7 heteroatoms. The van der Waals surface area contributed by atoms with Crippen LogP contribution in [0.25, 0.3) is 33.0 Å². The van der Waals surface area contributed by atoms with Crippen molar-refractivity contribution < 1.29 is 31.1 Å². The Morgan fingerprint density at radius 3 is 1.88 bits per heavy atom. The predicted molar refractivity (Wildman–Crippen MR) is 115 cm³/mol. The summed E-state index contributed by atoms with van der Waals surface area (Å²) in [5, 5.41) is 2.05. The Labute approximate surface area is 186 Å². The van der Waals surface area contributed by atoms with Crippen molar-refractivity contribution in [2.24, 2.45) is 0 Å². The monoisotopic (exact) mass is 460 g/mol. The van der Waals surface area contributed by atoms with Crippen LogP contribution in [0.5, 0.6) is 5.75 Å². The summed E-state index contributed by atoms with van der Waals surface area (Å²) in [7, 11) is 0. The van der Waals surface area contributed by atoms with Gasteiger partial charge in [0.25, 0.3) is 0 Å². The van der Waals surface area contributed by atoms with Crippen molar-refractivity contribution in [2.45, 2.75) is 26.1 Å². The van der Waals surface area contributed by atoms with Crippen molar-refractivity contribution in [1.29, 1.82) is 0 Å². The Bertz CT molecular complexity index is 1300. The Morgan fingerprint density at radius 1 is 0.667 bits per heavy atom. The van der Waals surface area contributed by atoms with Crippen molar-refractivity contribution in [1.82, 2.24) is 0 Å². The Balaban J connectivity index is 1.67. The third kappa shape index (κ3) is 4.97. The van der Waals surface area contributed by atoms with Gasteiger partial charge in [-0.1, -0.05) is 55.8 Å². The quantitative estimate of drug-likeness (QED) is 0.272. The van der Waals surface area contributed by atoms with E-state index in [4.69, 9.17) is 0 Å². The molecule has 0 aromatic heterocycles. The number of alkyl halides is 3. The highest BCUT2D eigenvalue weighted by Gasteiger charge is 2.34. The summed E-state index contributed by atoms with van der Waals surface area (Å²) in [6.07, 6.45) is -3.23. The van der Waals surface area contributed by atoms with Crippen molar-refractivity contribution in [3.05, 3.63) is 89.7 Å². The van der Waals surface area contributed by atoms with E-state index in [-0.39, 0.29) is 11.1 Å². The first kappa shape index (κ1) is 22.7. The number of halogens is 6. The second-order valence-corrected chi connectivity index (χ2v) is 7.66. The first-order chi connectivity index (χ1) is 15.6. The van der Waals surface area contributed by atoms with E-state index in [1.807, 2.05) is 24.3 Å². The van der Waals surface area contributed by atoms with Gasteiger partial charge in [0.1, 0.15) is 5.82 Å². The number of fused-ring (bicyclic) bond motifs is 1. The maximum atomic E-state index is 14.9. The summed E-state index contributed by atoms with van der Waals surface area (Å²) in [6, 6.07) is 17.2. The summed E-state index contributed by atoms with van der Waals surface area (Å²) >= 11 is 0. The molecular weight excluding hydrogens is 442 g/mol. The van der Waals surface area contributed by atoms with E-state index < -0.39 is 29.6 Å². The minimum absolute atomic E-state index is 0.153. The molecule has 0 aliphatic rings. The minimum atomic E-state index is -5.26. The van der Waals surface area contributed by atoms with Gasteiger partial charge >= 0.3 is 6.36 Å². The second kappa shape index (κ2) is 8.81. The molecule has 0 N–H and O–H groups in total. The van der Waals surface area contributed by atoms with Crippen LogP contribution >= 0.6 is 0 Å². The van der Waals surface area contributed by atoms with Crippen LogP contribution in [-0.4, -0.2) is 6.36 Å². The maximum absolute atomic E-state index is 14.9. The van der Waals surface area contributed by atoms with Crippen molar-refractivity contribution >= 4 is 10.8 Å². The number of ether oxygens (including phenoxy) is 1. The Kier molecular flexibility index (Phi) is 6.06. The van der Waals surface area contributed by atoms with E-state index in [2.05, 4.69) is 23.8 Å². The van der Waals surface area contributed by atoms with Crippen molar-refractivity contribution in [2.75, 3.05) is 0 Å². The number of rotatable bonds is 5. The largest absolute Gasteiger partial charge is 0.573 e. The van der Waals surface area contributed by atoms with E-state index in [1.54, 1.807) is 6.07 Å². The molecule has 170 valence electrons. The van der Waals surface area contributed by atoms with E-state index in [0.29, 0.717) is 17.7 Å². The van der Waals surface area contributed by atoms with Crippen LogP contribution in [0.2, 0.25) is 0 Å². The minimum Gasteiger partial charge on any atom is -0.399 e. The summed E-state index contributed by atoms with van der Waals surface area (Å²) in [6.45, 7) is 2.11. The lowest BCUT2D eigenvalue weighted by atomic mass is 9.96. The molecule has 4 rings (SSSR count). The first-order valence-corrected chi connectivity index (χ1v) is 10.2. The van der Waals surface area contributed by atoms with Crippen LogP contribution in [0.15, 0.2) is 66.7 Å². The maximum Gasteiger partial charge on any atom is 0.573 e. The van der Waals surface area contributed by atoms with Gasteiger partial charge in [0.05, 0.1) is 0 Å². The average molecular weight is 460 g/mol. The van der Waals surface area contributed by atoms with Crippen LogP contribution in [-0.2, 0) is 6.42 Å². The summed E-state index contributed by atoms with van der Waals surface area (Å²) in [5.74, 6) is -5.51. The molecule has 33 heavy (non-hydrogen) atoms. The third-order valence-electron chi connectivity index (χ3n) is 5.27. The number of benzene rings is 4. The smallest absolute Gasteiger partial charge is 0.399 e. The number of aryl methyl sites for hydroxylation is 1. The van der Waals surface area contributed by atoms with Crippen LogP contribution in [0, 0.1) is 17.5 Å². The topological polar surface area (TPSA) is 9.23 Å². The van der Waals surface area contributed by atoms with Crippen molar-refractivity contribution in [3.63, 3.8) is 0 Å². The third-order valence-corrected chi connectivity index (χ3v) is 5.27. The molecule has 4 aromatic rings. The van der Waals surface area contributed by atoms with Gasteiger partial charge in [0.15, 0.2) is 11.6 Å². The summed E-state index contributed by atoms with van der Waals surface area (Å²) in [4.78, 5) is 0. The van der Waals surface area contributed by atoms with Crippen LogP contribution in [0.4, 0.5) is 26.3 Å². The lowest BCUT2D eigenvalue weighted by molar-refractivity contribution is -0.276. The molecule has 0 radical (unpaired) electrons. The SMILES string of the molecule is CCCc1ccc2cc(-c3ccc(-c4cc(F)c(OC(F)(F)F)c(F)c4)c(F)c3)ccc2c1. The lowest BCUT2D eigenvalue weighted by Gasteiger charge is -2.13. The lowest BCUT2D eigenvalue weighted by Crippen LogP contribution is -2.19. The Morgan fingerprint density at radius 2 is 1.24 bits per heavy atom. The highest BCUT2D eigenvalue weighted by molar-refractivity contribution is 5.88. The van der Waals surface area contributed by atoms with Gasteiger partial charge in [0, 0.05) is 5.56 Å². The molecule has 0 heterocycles. The van der Waals surface area contributed by atoms with Crippen LogP contribution < -0.4 is 4.74 Å². The van der Waals surface area contributed by atoms with E-state index >= 15 is 0 Å². The van der Waals surface area contributed by atoms with Crippen LogP contribution in [0.1, 0.15) is 18.9 Å². The van der Waals surface area contributed by atoms with Gasteiger partial charge in [-0.25, -0.2) is 13.2 Å². The summed E-state index contributed by atoms with van der Waals surface area (Å²) in [5.41, 5.74) is 2.14. The molecule has 0 bridgehead atoms. The molecule has 1 nitrogen and oxygen atoms in total. The highest BCUT2D eigenvalue weighted by Crippen LogP contribution is 2.35. The van der Waals surface area contributed by atoms with Gasteiger partial charge in [-0.2, -0.15) is 0 Å². The standard InChI is InChI=1S/C26H18F6O/c1-2-3-15-4-5-17-11-18(7-6-16(17)10-15)19-8-9-21(22(27)12-19)20-13-23(28)25(24(29)14-20)33-26(30,31)32/h4-14H,2-3H2,1H3. The van der Waals surface area contributed by atoms with E-state index in [1.165, 1.54) is 17.7 Å². The molecule has 0 saturated heterocycles. The second-order valence-electron chi connectivity index (χ2n) is 7.66. The van der Waals surface area contributed by atoms with E-state index in [0.717, 1.165) is 29.2 Å². The molecule has 0 aliphatic carbocycles. The molecule has 0 amide bonds. The molecule has 4 aromatic carbocycles. The normalized spacial score (nSPS) is 11.7. The van der Waals surface area contributed by atoms with Crippen LogP contribution in [0.3, 0.4) is 0 Å². The zero-order valence-electron chi connectivity index (χ0n) is 17.4. The fourth-order valence-electron chi connectivity index (χ4n) is 3.78. The predicted octanol–water partition coefficient (Wildman–Crippen LogP) is 8.44. The zero-order chi connectivity index (χ0) is 23.8. The molecular formula is C26H18F6O. The zero-order valence-corrected chi connectivity index (χ0v) is 17.4. The van der Waals surface area contributed by atoms with Gasteiger partial charge in [-0.3, -0.25) is 0 Å². The van der Waals surface area contributed by atoms with E-state index in [9.17, 15) is 26.3 Å². The van der Waals surface area contributed by atoms with Gasteiger partial charge < -0.3 is 4.74 Å². The summed E-state index contributed by atoms with van der Waals surface area (Å²) < 4.78 is 83.3. The first-order valence-electron chi connectivity index (χ1n) is 10.2. The molecule has 0 atom stereocenters. The fraction of sp³-hybridized carbons (Fsp3) is 0.154. The molecule has 0 fully saturated rings.